The number of aliphatic hydroxyl groups excluding tert-OH is 5. The van der Waals surface area contributed by atoms with Gasteiger partial charge in [0.25, 0.3) is 0 Å². The van der Waals surface area contributed by atoms with Crippen molar-refractivity contribution >= 4 is 19.8 Å². The van der Waals surface area contributed by atoms with Crippen LogP contribution in [-0.2, 0) is 32.7 Å². The molecule has 0 amide bonds. The quantitative estimate of drug-likeness (QED) is 0.0147. The lowest BCUT2D eigenvalue weighted by molar-refractivity contribution is -0.220. The highest BCUT2D eigenvalue weighted by Gasteiger charge is 2.51. The number of allylic oxidation sites excluding steroid dienone is 10. The molecular weight excluding hydrogens is 828 g/mol. The van der Waals surface area contributed by atoms with E-state index in [1.807, 2.05) is 0 Å². The van der Waals surface area contributed by atoms with Crippen molar-refractivity contribution in [1.29, 1.82) is 0 Å². The molecule has 6 N–H and O–H groups in total. The molecular formula is C49H85O13P. The van der Waals surface area contributed by atoms with E-state index in [1.165, 1.54) is 38.5 Å². The number of aliphatic hydroxyl groups is 5. The SMILES string of the molecule is CCCCC/C=C/C/C=C/C/C=C/CCCCCCC(=O)O[C@@H](COC(=O)CCCCCCCCC/C=C/C/C=C/CCCCC)COP(=O)(O)OC1C(O)C(O)C(O)[C@H](O)C1O. The molecule has 0 bridgehead atoms. The van der Waals surface area contributed by atoms with Gasteiger partial charge in [-0.25, -0.2) is 4.57 Å². The largest absolute Gasteiger partial charge is 0.472 e. The fourth-order valence-electron chi connectivity index (χ4n) is 6.91. The molecule has 0 aromatic heterocycles. The molecule has 14 heteroatoms. The minimum atomic E-state index is -5.13. The number of esters is 2. The smallest absolute Gasteiger partial charge is 0.462 e. The van der Waals surface area contributed by atoms with E-state index in [2.05, 4.69) is 74.6 Å². The van der Waals surface area contributed by atoms with Crippen LogP contribution in [0.25, 0.3) is 0 Å². The molecule has 0 radical (unpaired) electrons. The Hall–Kier alpha value is -2.45. The molecule has 0 aromatic rings. The van der Waals surface area contributed by atoms with Crippen molar-refractivity contribution in [3.8, 4) is 0 Å². The summed E-state index contributed by atoms with van der Waals surface area (Å²) in [5, 5.41) is 50.2. The summed E-state index contributed by atoms with van der Waals surface area (Å²) in [6, 6.07) is 0. The van der Waals surface area contributed by atoms with Crippen LogP contribution in [-0.4, -0.2) is 98.3 Å². The summed E-state index contributed by atoms with van der Waals surface area (Å²) >= 11 is 0. The van der Waals surface area contributed by atoms with Gasteiger partial charge in [0.1, 0.15) is 43.2 Å². The van der Waals surface area contributed by atoms with Gasteiger partial charge in [0.15, 0.2) is 6.10 Å². The summed E-state index contributed by atoms with van der Waals surface area (Å²) in [5.41, 5.74) is 0. The molecule has 1 rings (SSSR count). The van der Waals surface area contributed by atoms with Gasteiger partial charge in [0.05, 0.1) is 6.61 Å². The molecule has 1 saturated carbocycles. The monoisotopic (exact) mass is 913 g/mol. The van der Waals surface area contributed by atoms with Gasteiger partial charge >= 0.3 is 19.8 Å². The Morgan fingerprint density at radius 1 is 0.492 bits per heavy atom. The number of hydrogen-bond donors (Lipinski definition) is 6. The lowest BCUT2D eigenvalue weighted by Gasteiger charge is -2.41. The van der Waals surface area contributed by atoms with Gasteiger partial charge < -0.3 is 39.9 Å². The van der Waals surface area contributed by atoms with E-state index in [0.29, 0.717) is 12.8 Å². The van der Waals surface area contributed by atoms with Crippen LogP contribution >= 0.6 is 7.82 Å². The van der Waals surface area contributed by atoms with Gasteiger partial charge in [-0.3, -0.25) is 18.6 Å². The molecule has 63 heavy (non-hydrogen) atoms. The maximum Gasteiger partial charge on any atom is 0.472 e. The summed E-state index contributed by atoms with van der Waals surface area (Å²) < 4.78 is 33.5. The molecule has 364 valence electrons. The normalized spacial score (nSPS) is 22.2. The number of unbranched alkanes of at least 4 members (excludes halogenated alkanes) is 17. The minimum absolute atomic E-state index is 0.0670. The second-order valence-corrected chi connectivity index (χ2v) is 18.0. The third-order valence-corrected chi connectivity index (χ3v) is 11.8. The van der Waals surface area contributed by atoms with Crippen LogP contribution in [0.5, 0.6) is 0 Å². The lowest BCUT2D eigenvalue weighted by Crippen LogP contribution is -2.64. The van der Waals surface area contributed by atoms with Crippen molar-refractivity contribution in [2.75, 3.05) is 13.2 Å². The third kappa shape index (κ3) is 31.2. The van der Waals surface area contributed by atoms with E-state index < -0.39 is 75.7 Å². The Bertz CT molecular complexity index is 1330. The molecule has 1 fully saturated rings. The van der Waals surface area contributed by atoms with E-state index in [0.717, 1.165) is 103 Å². The molecule has 0 aromatic carbocycles. The molecule has 0 aliphatic heterocycles. The van der Waals surface area contributed by atoms with E-state index in [-0.39, 0.29) is 12.8 Å². The van der Waals surface area contributed by atoms with Gasteiger partial charge in [-0.15, -0.1) is 0 Å². The van der Waals surface area contributed by atoms with Crippen LogP contribution < -0.4 is 0 Å². The predicted octanol–water partition coefficient (Wildman–Crippen LogP) is 9.73. The van der Waals surface area contributed by atoms with Gasteiger partial charge in [-0.1, -0.05) is 145 Å². The lowest BCUT2D eigenvalue weighted by atomic mass is 9.85. The highest BCUT2D eigenvalue weighted by Crippen LogP contribution is 2.47. The molecule has 0 saturated heterocycles. The number of phosphoric ester groups is 1. The van der Waals surface area contributed by atoms with E-state index in [4.69, 9.17) is 18.5 Å². The van der Waals surface area contributed by atoms with Crippen LogP contribution in [0.2, 0.25) is 0 Å². The van der Waals surface area contributed by atoms with Crippen LogP contribution in [0, 0.1) is 0 Å². The van der Waals surface area contributed by atoms with Crippen molar-refractivity contribution in [2.24, 2.45) is 0 Å². The molecule has 0 heterocycles. The molecule has 8 atom stereocenters. The predicted molar refractivity (Wildman–Crippen MR) is 249 cm³/mol. The van der Waals surface area contributed by atoms with Gasteiger partial charge in [0, 0.05) is 12.8 Å². The summed E-state index contributed by atoms with van der Waals surface area (Å²) in [5.74, 6) is -1.14. The standard InChI is InChI=1S/C49H85O13P/c1-3-5-7-9-11-13-15-17-19-21-23-25-27-29-31-33-35-37-42(50)59-39-41(40-60-63(57,58)62-49-47(55)45(53)44(52)46(54)48(49)56)61-43(51)38-36-34-32-30-28-26-24-22-20-18-16-14-12-10-8-6-4-2/h11-14,17-20,24,26,41,44-49,52-56H,3-10,15-16,21-23,25,27-40H2,1-2H3,(H,57,58)/b13-11+,14-12+,19-17+,20-18+,26-24+/t41-,44?,45-,46?,47?,48?,49?/m0/s1. The van der Waals surface area contributed by atoms with Crippen LogP contribution in [0.4, 0.5) is 0 Å². The van der Waals surface area contributed by atoms with Crippen molar-refractivity contribution in [3.63, 3.8) is 0 Å². The molecule has 13 nitrogen and oxygen atoms in total. The number of ether oxygens (including phenoxy) is 2. The Morgan fingerprint density at radius 2 is 0.857 bits per heavy atom. The Labute approximate surface area is 379 Å². The minimum Gasteiger partial charge on any atom is -0.462 e. The van der Waals surface area contributed by atoms with Gasteiger partial charge in [-0.05, 0) is 83.5 Å². The van der Waals surface area contributed by atoms with E-state index in [9.17, 15) is 44.6 Å². The number of carbonyl (C=O) groups is 2. The van der Waals surface area contributed by atoms with Crippen LogP contribution in [0.15, 0.2) is 60.8 Å². The maximum absolute atomic E-state index is 12.8. The van der Waals surface area contributed by atoms with Crippen molar-refractivity contribution in [1.82, 2.24) is 0 Å². The fourth-order valence-corrected chi connectivity index (χ4v) is 7.88. The molecule has 6 unspecified atom stereocenters. The first kappa shape index (κ1) is 58.6. The number of rotatable bonds is 39. The summed E-state index contributed by atoms with van der Waals surface area (Å²) in [4.78, 5) is 35.7. The van der Waals surface area contributed by atoms with Crippen molar-refractivity contribution in [3.05, 3.63) is 60.8 Å². The number of phosphoric acid groups is 1. The van der Waals surface area contributed by atoms with Crippen LogP contribution in [0.3, 0.4) is 0 Å². The third-order valence-electron chi connectivity index (χ3n) is 10.8. The zero-order valence-electron chi connectivity index (χ0n) is 38.6. The van der Waals surface area contributed by atoms with Gasteiger partial charge in [0.2, 0.25) is 0 Å². The zero-order valence-corrected chi connectivity index (χ0v) is 39.5. The molecule has 0 spiro atoms. The first-order chi connectivity index (χ1) is 30.4. The first-order valence-electron chi connectivity index (χ1n) is 24.1. The highest BCUT2D eigenvalue weighted by atomic mass is 31.2. The van der Waals surface area contributed by atoms with Crippen molar-refractivity contribution < 1.29 is 63.1 Å². The molecule has 1 aliphatic rings. The number of hydrogen-bond acceptors (Lipinski definition) is 12. The second kappa shape index (κ2) is 38.8. The highest BCUT2D eigenvalue weighted by molar-refractivity contribution is 7.47. The Balaban J connectivity index is 2.47. The Kier molecular flexibility index (Phi) is 36.1. The average molecular weight is 913 g/mol. The van der Waals surface area contributed by atoms with E-state index >= 15 is 0 Å². The second-order valence-electron chi connectivity index (χ2n) is 16.6. The zero-order chi connectivity index (χ0) is 46.4. The van der Waals surface area contributed by atoms with Crippen molar-refractivity contribution in [2.45, 2.75) is 224 Å². The van der Waals surface area contributed by atoms with E-state index in [1.54, 1.807) is 0 Å². The van der Waals surface area contributed by atoms with Gasteiger partial charge in [-0.2, -0.15) is 0 Å². The average Bonchev–Trinajstić information content (AvgIpc) is 3.26. The molecule has 1 aliphatic carbocycles. The Morgan fingerprint density at radius 3 is 1.30 bits per heavy atom. The fraction of sp³-hybridized carbons (Fsp3) is 0.755. The maximum atomic E-state index is 12.8. The topological polar surface area (TPSA) is 210 Å². The first-order valence-corrected chi connectivity index (χ1v) is 25.6. The van der Waals surface area contributed by atoms with Crippen LogP contribution in [0.1, 0.15) is 181 Å². The number of carbonyl (C=O) groups excluding carboxylic acids is 2. The summed E-state index contributed by atoms with van der Waals surface area (Å²) in [7, 11) is -5.13. The summed E-state index contributed by atoms with van der Waals surface area (Å²) in [6.07, 6.45) is 34.0. The summed E-state index contributed by atoms with van der Waals surface area (Å²) in [6.45, 7) is 3.22.